The molecule has 0 atom stereocenters. The van der Waals surface area contributed by atoms with Gasteiger partial charge in [0.1, 0.15) is 11.6 Å². The average molecular weight is 400 g/mol. The third kappa shape index (κ3) is 5.66. The standard InChI is InChI=1S/C21H25FN4O3/c1-23-21(26-11-8-16(9-12-26)20(27)28-2)25-14-15-7-10-24-19(13-15)29-18-5-3-17(22)4-6-18/h3-7,10,13,16H,8-9,11-12,14H2,1-2H3,(H,23,25). The van der Waals surface area contributed by atoms with Gasteiger partial charge in [-0.05, 0) is 48.7 Å². The molecular formula is C21H25FN4O3. The van der Waals surface area contributed by atoms with Crippen LogP contribution in [0, 0.1) is 11.7 Å². The van der Waals surface area contributed by atoms with E-state index in [9.17, 15) is 9.18 Å². The van der Waals surface area contributed by atoms with Gasteiger partial charge in [-0.2, -0.15) is 0 Å². The molecule has 0 spiro atoms. The molecule has 1 aromatic carbocycles. The van der Waals surface area contributed by atoms with Crippen LogP contribution in [-0.4, -0.2) is 49.1 Å². The van der Waals surface area contributed by atoms with E-state index in [0.717, 1.165) is 37.5 Å². The summed E-state index contributed by atoms with van der Waals surface area (Å²) in [6, 6.07) is 9.51. The zero-order chi connectivity index (χ0) is 20.6. The quantitative estimate of drug-likeness (QED) is 0.472. The first kappa shape index (κ1) is 20.6. The number of methoxy groups -OCH3 is 1. The fourth-order valence-electron chi connectivity index (χ4n) is 3.25. The first-order valence-electron chi connectivity index (χ1n) is 9.51. The highest BCUT2D eigenvalue weighted by Gasteiger charge is 2.26. The molecule has 29 heavy (non-hydrogen) atoms. The van der Waals surface area contributed by atoms with Crippen molar-refractivity contribution in [1.29, 1.82) is 0 Å². The number of guanidine groups is 1. The van der Waals surface area contributed by atoms with Crippen LogP contribution < -0.4 is 10.1 Å². The monoisotopic (exact) mass is 400 g/mol. The lowest BCUT2D eigenvalue weighted by atomic mass is 9.97. The summed E-state index contributed by atoms with van der Waals surface area (Å²) in [5, 5.41) is 3.34. The van der Waals surface area contributed by atoms with Crippen molar-refractivity contribution < 1.29 is 18.7 Å². The van der Waals surface area contributed by atoms with E-state index in [1.54, 1.807) is 25.4 Å². The smallest absolute Gasteiger partial charge is 0.308 e. The van der Waals surface area contributed by atoms with Gasteiger partial charge in [-0.15, -0.1) is 0 Å². The van der Waals surface area contributed by atoms with Crippen molar-refractivity contribution in [3.63, 3.8) is 0 Å². The minimum absolute atomic E-state index is 0.0410. The molecule has 2 heterocycles. The lowest BCUT2D eigenvalue weighted by molar-refractivity contribution is -0.146. The normalized spacial score (nSPS) is 15.1. The fraction of sp³-hybridized carbons (Fsp3) is 0.381. The maximum atomic E-state index is 13.0. The van der Waals surface area contributed by atoms with Crippen molar-refractivity contribution in [2.24, 2.45) is 10.9 Å². The van der Waals surface area contributed by atoms with Gasteiger partial charge in [-0.25, -0.2) is 9.37 Å². The second-order valence-corrected chi connectivity index (χ2v) is 6.74. The van der Waals surface area contributed by atoms with Gasteiger partial charge in [-0.3, -0.25) is 9.79 Å². The van der Waals surface area contributed by atoms with Gasteiger partial charge < -0.3 is 19.7 Å². The summed E-state index contributed by atoms with van der Waals surface area (Å²) in [6.45, 7) is 2.04. The van der Waals surface area contributed by atoms with Gasteiger partial charge in [0.15, 0.2) is 5.96 Å². The number of hydrogen-bond acceptors (Lipinski definition) is 5. The first-order chi connectivity index (χ1) is 14.1. The molecule has 0 bridgehead atoms. The lowest BCUT2D eigenvalue weighted by Gasteiger charge is -2.33. The summed E-state index contributed by atoms with van der Waals surface area (Å²) in [4.78, 5) is 22.4. The van der Waals surface area contributed by atoms with Crippen molar-refractivity contribution in [2.75, 3.05) is 27.2 Å². The Morgan fingerprint density at radius 3 is 2.66 bits per heavy atom. The molecular weight excluding hydrogens is 375 g/mol. The number of carbonyl (C=O) groups is 1. The number of hydrogen-bond donors (Lipinski definition) is 1. The summed E-state index contributed by atoms with van der Waals surface area (Å²) in [5.41, 5.74) is 0.975. The summed E-state index contributed by atoms with van der Waals surface area (Å²) >= 11 is 0. The molecule has 7 nitrogen and oxygen atoms in total. The van der Waals surface area contributed by atoms with Crippen LogP contribution in [0.4, 0.5) is 4.39 Å². The van der Waals surface area contributed by atoms with Crippen molar-refractivity contribution in [3.05, 3.63) is 54.0 Å². The number of pyridine rings is 1. The number of halogens is 1. The number of piperidine rings is 1. The first-order valence-corrected chi connectivity index (χ1v) is 9.51. The topological polar surface area (TPSA) is 76.1 Å². The van der Waals surface area contributed by atoms with Gasteiger partial charge in [-0.1, -0.05) is 0 Å². The molecule has 0 amide bonds. The second-order valence-electron chi connectivity index (χ2n) is 6.74. The number of rotatable bonds is 5. The van der Waals surface area contributed by atoms with E-state index in [-0.39, 0.29) is 17.7 Å². The molecule has 2 aromatic rings. The zero-order valence-corrected chi connectivity index (χ0v) is 16.6. The fourth-order valence-corrected chi connectivity index (χ4v) is 3.25. The largest absolute Gasteiger partial charge is 0.469 e. The third-order valence-electron chi connectivity index (χ3n) is 4.83. The highest BCUT2D eigenvalue weighted by atomic mass is 19.1. The Kier molecular flexibility index (Phi) is 6.99. The Morgan fingerprint density at radius 2 is 2.00 bits per heavy atom. The summed E-state index contributed by atoms with van der Waals surface area (Å²) < 4.78 is 23.5. The van der Waals surface area contributed by atoms with Crippen LogP contribution in [-0.2, 0) is 16.1 Å². The SMILES string of the molecule is CN=C(NCc1ccnc(Oc2ccc(F)cc2)c1)N1CCC(C(=O)OC)CC1. The van der Waals surface area contributed by atoms with E-state index in [2.05, 4.69) is 20.2 Å². The van der Waals surface area contributed by atoms with E-state index in [1.807, 2.05) is 12.1 Å². The Morgan fingerprint density at radius 1 is 1.28 bits per heavy atom. The van der Waals surface area contributed by atoms with Gasteiger partial charge >= 0.3 is 5.97 Å². The Balaban J connectivity index is 1.55. The van der Waals surface area contributed by atoms with Gasteiger partial charge in [0.05, 0.1) is 13.0 Å². The minimum Gasteiger partial charge on any atom is -0.469 e. The molecule has 1 N–H and O–H groups in total. The molecule has 0 saturated carbocycles. The Hall–Kier alpha value is -3.16. The molecule has 1 saturated heterocycles. The van der Waals surface area contributed by atoms with Gasteiger partial charge in [0, 0.05) is 38.9 Å². The van der Waals surface area contributed by atoms with Crippen LogP contribution in [0.25, 0.3) is 0 Å². The molecule has 1 aliphatic heterocycles. The summed E-state index contributed by atoms with van der Waals surface area (Å²) in [5.74, 6) is 1.24. The number of likely N-dealkylation sites (tertiary alicyclic amines) is 1. The molecule has 0 radical (unpaired) electrons. The van der Waals surface area contributed by atoms with Crippen molar-refractivity contribution >= 4 is 11.9 Å². The van der Waals surface area contributed by atoms with E-state index in [1.165, 1.54) is 19.2 Å². The van der Waals surface area contributed by atoms with E-state index < -0.39 is 0 Å². The molecule has 154 valence electrons. The summed E-state index contributed by atoms with van der Waals surface area (Å²) in [7, 11) is 3.17. The lowest BCUT2D eigenvalue weighted by Crippen LogP contribution is -2.46. The van der Waals surface area contributed by atoms with Crippen molar-refractivity contribution in [3.8, 4) is 11.6 Å². The molecule has 0 unspecified atom stereocenters. The van der Waals surface area contributed by atoms with Crippen molar-refractivity contribution in [1.82, 2.24) is 15.2 Å². The Bertz CT molecular complexity index is 849. The number of aliphatic imine (C=N–C) groups is 1. The van der Waals surface area contributed by atoms with E-state index >= 15 is 0 Å². The van der Waals surface area contributed by atoms with Crippen LogP contribution in [0.5, 0.6) is 11.6 Å². The third-order valence-corrected chi connectivity index (χ3v) is 4.83. The maximum absolute atomic E-state index is 13.0. The van der Waals surface area contributed by atoms with Crippen LogP contribution in [0.2, 0.25) is 0 Å². The molecule has 3 rings (SSSR count). The number of nitrogens with one attached hydrogen (secondary N) is 1. The minimum atomic E-state index is -0.315. The highest BCUT2D eigenvalue weighted by Crippen LogP contribution is 2.21. The predicted octanol–water partition coefficient (Wildman–Crippen LogP) is 2.97. The highest BCUT2D eigenvalue weighted by molar-refractivity contribution is 5.80. The van der Waals surface area contributed by atoms with Crippen LogP contribution in [0.3, 0.4) is 0 Å². The van der Waals surface area contributed by atoms with Crippen LogP contribution >= 0.6 is 0 Å². The van der Waals surface area contributed by atoms with Gasteiger partial charge in [0.2, 0.25) is 5.88 Å². The molecule has 1 aromatic heterocycles. The molecule has 1 aliphatic rings. The number of carbonyl (C=O) groups excluding carboxylic acids is 1. The van der Waals surface area contributed by atoms with Gasteiger partial charge in [0.25, 0.3) is 0 Å². The maximum Gasteiger partial charge on any atom is 0.308 e. The molecule has 0 aliphatic carbocycles. The Labute approximate surface area is 169 Å². The molecule has 1 fully saturated rings. The van der Waals surface area contributed by atoms with Crippen LogP contribution in [0.1, 0.15) is 18.4 Å². The number of esters is 1. The van der Waals surface area contributed by atoms with Crippen LogP contribution in [0.15, 0.2) is 47.6 Å². The zero-order valence-electron chi connectivity index (χ0n) is 16.6. The van der Waals surface area contributed by atoms with Crippen molar-refractivity contribution in [2.45, 2.75) is 19.4 Å². The summed E-state index contributed by atoms with van der Waals surface area (Å²) in [6.07, 6.45) is 3.16. The molecule has 8 heteroatoms. The van der Waals surface area contributed by atoms with E-state index in [4.69, 9.17) is 9.47 Å². The number of ether oxygens (including phenoxy) is 2. The van der Waals surface area contributed by atoms with E-state index in [0.29, 0.717) is 18.2 Å². The predicted molar refractivity (Wildman–Crippen MR) is 107 cm³/mol. The number of nitrogens with zero attached hydrogens (tertiary/aromatic N) is 3. The second kappa shape index (κ2) is 9.86. The average Bonchev–Trinajstić information content (AvgIpc) is 2.76. The number of benzene rings is 1. The number of aromatic nitrogens is 1.